The summed E-state index contributed by atoms with van der Waals surface area (Å²) >= 11 is 0. The van der Waals surface area contributed by atoms with E-state index < -0.39 is 0 Å². The van der Waals surface area contributed by atoms with E-state index in [9.17, 15) is 4.79 Å². The van der Waals surface area contributed by atoms with Crippen molar-refractivity contribution in [1.82, 2.24) is 10.6 Å². The smallest absolute Gasteiger partial charge is 0.220 e. The fraction of sp³-hybridized carbons (Fsp3) is 0.562. The first kappa shape index (κ1) is 14.1. The minimum absolute atomic E-state index is 0.180. The van der Waals surface area contributed by atoms with Crippen LogP contribution in [0.25, 0.3) is 0 Å². The Bertz CT molecular complexity index is 411. The SMILES string of the molecule is CCc1ccccc1CNC(=O)CC1CCCNC1. The molecule has 0 bridgehead atoms. The summed E-state index contributed by atoms with van der Waals surface area (Å²) in [5.41, 5.74) is 2.56. The van der Waals surface area contributed by atoms with Gasteiger partial charge in [0.1, 0.15) is 0 Å². The van der Waals surface area contributed by atoms with E-state index in [2.05, 4.69) is 35.8 Å². The van der Waals surface area contributed by atoms with Crippen molar-refractivity contribution in [1.29, 1.82) is 0 Å². The summed E-state index contributed by atoms with van der Waals surface area (Å²) in [5, 5.41) is 6.41. The molecule has 19 heavy (non-hydrogen) atoms. The molecule has 2 rings (SSSR count). The average Bonchev–Trinajstić information content (AvgIpc) is 2.46. The van der Waals surface area contributed by atoms with Crippen molar-refractivity contribution in [2.45, 2.75) is 39.2 Å². The van der Waals surface area contributed by atoms with Crippen LogP contribution in [0.4, 0.5) is 0 Å². The molecule has 0 spiro atoms. The zero-order valence-corrected chi connectivity index (χ0v) is 11.7. The van der Waals surface area contributed by atoms with Gasteiger partial charge in [0.25, 0.3) is 0 Å². The van der Waals surface area contributed by atoms with E-state index in [1.807, 2.05) is 6.07 Å². The van der Waals surface area contributed by atoms with Crippen LogP contribution in [0.5, 0.6) is 0 Å². The number of piperidine rings is 1. The van der Waals surface area contributed by atoms with Gasteiger partial charge in [-0.1, -0.05) is 31.2 Å². The molecule has 1 aliphatic rings. The standard InChI is InChI=1S/C16H24N2O/c1-2-14-7-3-4-8-15(14)12-18-16(19)10-13-6-5-9-17-11-13/h3-4,7-8,13,17H,2,5-6,9-12H2,1H3,(H,18,19). The largest absolute Gasteiger partial charge is 0.352 e. The lowest BCUT2D eigenvalue weighted by Gasteiger charge is -2.22. The molecule has 1 unspecified atom stereocenters. The van der Waals surface area contributed by atoms with Crippen LogP contribution in [-0.2, 0) is 17.8 Å². The summed E-state index contributed by atoms with van der Waals surface area (Å²) in [5.74, 6) is 0.690. The van der Waals surface area contributed by atoms with E-state index in [-0.39, 0.29) is 5.91 Å². The Balaban J connectivity index is 1.79. The zero-order valence-electron chi connectivity index (χ0n) is 11.7. The van der Waals surface area contributed by atoms with Crippen LogP contribution in [0, 0.1) is 5.92 Å². The van der Waals surface area contributed by atoms with Crippen molar-refractivity contribution in [2.75, 3.05) is 13.1 Å². The monoisotopic (exact) mass is 260 g/mol. The molecule has 1 amide bonds. The molecule has 1 aliphatic heterocycles. The van der Waals surface area contributed by atoms with Gasteiger partial charge in [0.05, 0.1) is 0 Å². The maximum Gasteiger partial charge on any atom is 0.220 e. The number of carbonyl (C=O) groups is 1. The molecule has 3 heteroatoms. The Morgan fingerprint density at radius 2 is 2.16 bits per heavy atom. The number of amides is 1. The van der Waals surface area contributed by atoms with Gasteiger partial charge in [0, 0.05) is 13.0 Å². The molecular formula is C16H24N2O. The first-order valence-corrected chi connectivity index (χ1v) is 7.33. The molecule has 1 aromatic rings. The lowest BCUT2D eigenvalue weighted by Crippen LogP contribution is -2.34. The molecule has 1 saturated heterocycles. The number of carbonyl (C=O) groups excluding carboxylic acids is 1. The number of hydrogen-bond acceptors (Lipinski definition) is 2. The Morgan fingerprint density at radius 1 is 1.37 bits per heavy atom. The van der Waals surface area contributed by atoms with Gasteiger partial charge in [-0.2, -0.15) is 0 Å². The number of aryl methyl sites for hydroxylation is 1. The molecule has 1 atom stereocenters. The van der Waals surface area contributed by atoms with Gasteiger partial charge in [0.15, 0.2) is 0 Å². The molecule has 0 saturated carbocycles. The summed E-state index contributed by atoms with van der Waals surface area (Å²) in [6.45, 7) is 4.89. The summed E-state index contributed by atoms with van der Waals surface area (Å²) < 4.78 is 0. The van der Waals surface area contributed by atoms with Gasteiger partial charge in [0.2, 0.25) is 5.91 Å². The Kier molecular flexibility index (Phi) is 5.40. The fourth-order valence-corrected chi connectivity index (χ4v) is 2.70. The van der Waals surface area contributed by atoms with Gasteiger partial charge < -0.3 is 10.6 Å². The molecular weight excluding hydrogens is 236 g/mol. The molecule has 0 radical (unpaired) electrons. The lowest BCUT2D eigenvalue weighted by atomic mass is 9.96. The third kappa shape index (κ3) is 4.35. The summed E-state index contributed by atoms with van der Waals surface area (Å²) in [6, 6.07) is 8.32. The molecule has 0 aliphatic carbocycles. The number of nitrogens with one attached hydrogen (secondary N) is 2. The second-order valence-electron chi connectivity index (χ2n) is 5.32. The zero-order chi connectivity index (χ0) is 13.5. The highest BCUT2D eigenvalue weighted by Gasteiger charge is 2.16. The van der Waals surface area contributed by atoms with E-state index in [0.717, 1.165) is 19.5 Å². The molecule has 2 N–H and O–H groups in total. The van der Waals surface area contributed by atoms with E-state index >= 15 is 0 Å². The van der Waals surface area contributed by atoms with Crippen LogP contribution in [0.1, 0.15) is 37.3 Å². The Labute approximate surface area is 115 Å². The van der Waals surface area contributed by atoms with Crippen molar-refractivity contribution >= 4 is 5.91 Å². The van der Waals surface area contributed by atoms with Gasteiger partial charge in [-0.05, 0) is 49.4 Å². The van der Waals surface area contributed by atoms with Crippen molar-refractivity contribution in [3.8, 4) is 0 Å². The van der Waals surface area contributed by atoms with Gasteiger partial charge in [-0.25, -0.2) is 0 Å². The minimum atomic E-state index is 0.180. The second-order valence-corrected chi connectivity index (χ2v) is 5.32. The highest BCUT2D eigenvalue weighted by molar-refractivity contribution is 5.76. The number of benzene rings is 1. The van der Waals surface area contributed by atoms with Crippen molar-refractivity contribution < 1.29 is 4.79 Å². The predicted octanol–water partition coefficient (Wildman–Crippen LogP) is 2.25. The second kappa shape index (κ2) is 7.29. The topological polar surface area (TPSA) is 41.1 Å². The van der Waals surface area contributed by atoms with Crippen LogP contribution in [0.2, 0.25) is 0 Å². The van der Waals surface area contributed by atoms with E-state index in [4.69, 9.17) is 0 Å². The number of hydrogen-bond donors (Lipinski definition) is 2. The molecule has 1 fully saturated rings. The van der Waals surface area contributed by atoms with Crippen molar-refractivity contribution in [2.24, 2.45) is 5.92 Å². The predicted molar refractivity (Wildman–Crippen MR) is 77.9 cm³/mol. The van der Waals surface area contributed by atoms with Crippen LogP contribution < -0.4 is 10.6 Å². The molecule has 1 heterocycles. The molecule has 104 valence electrons. The van der Waals surface area contributed by atoms with Gasteiger partial charge in [-0.15, -0.1) is 0 Å². The third-order valence-electron chi connectivity index (χ3n) is 3.85. The average molecular weight is 260 g/mol. The van der Waals surface area contributed by atoms with Gasteiger partial charge >= 0.3 is 0 Å². The summed E-state index contributed by atoms with van der Waals surface area (Å²) in [4.78, 5) is 11.9. The van der Waals surface area contributed by atoms with Crippen molar-refractivity contribution in [3.63, 3.8) is 0 Å². The lowest BCUT2D eigenvalue weighted by molar-refractivity contribution is -0.122. The molecule has 3 nitrogen and oxygen atoms in total. The molecule has 1 aromatic carbocycles. The summed E-state index contributed by atoms with van der Waals surface area (Å²) in [6.07, 6.45) is 4.03. The highest BCUT2D eigenvalue weighted by Crippen LogP contribution is 2.14. The summed E-state index contributed by atoms with van der Waals surface area (Å²) in [7, 11) is 0. The normalized spacial score (nSPS) is 19.1. The highest BCUT2D eigenvalue weighted by atomic mass is 16.1. The quantitative estimate of drug-likeness (QED) is 0.852. The first-order chi connectivity index (χ1) is 9.29. The van der Waals surface area contributed by atoms with Crippen LogP contribution in [0.15, 0.2) is 24.3 Å². The maximum absolute atomic E-state index is 11.9. The molecule has 0 aromatic heterocycles. The van der Waals surface area contributed by atoms with E-state index in [1.54, 1.807) is 0 Å². The Hall–Kier alpha value is -1.35. The fourth-order valence-electron chi connectivity index (χ4n) is 2.70. The van der Waals surface area contributed by atoms with E-state index in [0.29, 0.717) is 18.9 Å². The Morgan fingerprint density at radius 3 is 2.84 bits per heavy atom. The van der Waals surface area contributed by atoms with Gasteiger partial charge in [-0.3, -0.25) is 4.79 Å². The van der Waals surface area contributed by atoms with Crippen LogP contribution in [0.3, 0.4) is 0 Å². The van der Waals surface area contributed by atoms with E-state index in [1.165, 1.54) is 24.0 Å². The van der Waals surface area contributed by atoms with Crippen LogP contribution in [-0.4, -0.2) is 19.0 Å². The minimum Gasteiger partial charge on any atom is -0.352 e. The first-order valence-electron chi connectivity index (χ1n) is 7.33. The maximum atomic E-state index is 11.9. The number of rotatable bonds is 5. The van der Waals surface area contributed by atoms with Crippen molar-refractivity contribution in [3.05, 3.63) is 35.4 Å². The van der Waals surface area contributed by atoms with Crippen LogP contribution >= 0.6 is 0 Å². The third-order valence-corrected chi connectivity index (χ3v) is 3.85.